The molecule has 0 bridgehead atoms. The minimum Gasteiger partial charge on any atom is -0.505 e. The maximum absolute atomic E-state index is 11.3. The average molecular weight is 386 g/mol. The van der Waals surface area contributed by atoms with Gasteiger partial charge in [-0.05, 0) is 30.7 Å². The van der Waals surface area contributed by atoms with Gasteiger partial charge in [0.1, 0.15) is 17.1 Å². The zero-order valence-electron chi connectivity index (χ0n) is 15.6. The van der Waals surface area contributed by atoms with E-state index in [-0.39, 0.29) is 11.4 Å². The number of pyridine rings is 2. The quantitative estimate of drug-likeness (QED) is 0.379. The van der Waals surface area contributed by atoms with Gasteiger partial charge in [0.15, 0.2) is 0 Å². The molecule has 0 aliphatic rings. The number of nitrogens with zero attached hydrogens (tertiary/aromatic N) is 3. The van der Waals surface area contributed by atoms with Gasteiger partial charge >= 0.3 is 0 Å². The van der Waals surface area contributed by atoms with Crippen molar-refractivity contribution in [3.63, 3.8) is 0 Å². The van der Waals surface area contributed by atoms with Gasteiger partial charge < -0.3 is 10.4 Å². The number of non-ortho nitro benzene ring substituents is 1. The minimum absolute atomic E-state index is 0.0235. The summed E-state index contributed by atoms with van der Waals surface area (Å²) in [7, 11) is 0. The highest BCUT2D eigenvalue weighted by atomic mass is 16.6. The van der Waals surface area contributed by atoms with E-state index in [4.69, 9.17) is 0 Å². The number of phenolic OH excluding ortho intramolecular Hbond substituents is 1. The zero-order valence-corrected chi connectivity index (χ0v) is 15.6. The second-order valence-corrected chi connectivity index (χ2v) is 6.67. The van der Waals surface area contributed by atoms with E-state index in [0.29, 0.717) is 22.5 Å². The van der Waals surface area contributed by atoms with E-state index < -0.39 is 11.0 Å². The number of phenols is 1. The van der Waals surface area contributed by atoms with Gasteiger partial charge in [0.25, 0.3) is 5.69 Å². The van der Waals surface area contributed by atoms with Crippen LogP contribution >= 0.6 is 0 Å². The van der Waals surface area contributed by atoms with Crippen LogP contribution in [0.25, 0.3) is 10.9 Å². The van der Waals surface area contributed by atoms with E-state index in [1.807, 2.05) is 31.2 Å². The third-order valence-electron chi connectivity index (χ3n) is 4.69. The van der Waals surface area contributed by atoms with E-state index in [2.05, 4.69) is 15.3 Å². The predicted octanol–water partition coefficient (Wildman–Crippen LogP) is 4.75. The molecular weight excluding hydrogens is 368 g/mol. The second kappa shape index (κ2) is 7.55. The van der Waals surface area contributed by atoms with Gasteiger partial charge in [-0.1, -0.05) is 36.4 Å². The molecule has 144 valence electrons. The molecule has 0 aliphatic carbocycles. The lowest BCUT2D eigenvalue weighted by molar-refractivity contribution is -0.384. The molecule has 0 aliphatic heterocycles. The summed E-state index contributed by atoms with van der Waals surface area (Å²) in [4.78, 5) is 19.6. The lowest BCUT2D eigenvalue weighted by Gasteiger charge is -2.22. The predicted molar refractivity (Wildman–Crippen MR) is 111 cm³/mol. The molecule has 0 amide bonds. The Balaban J connectivity index is 1.88. The molecule has 0 fully saturated rings. The first-order chi connectivity index (χ1) is 14.0. The molecular formula is C22H18N4O3. The van der Waals surface area contributed by atoms with Crippen molar-refractivity contribution in [3.05, 3.63) is 99.9 Å². The molecule has 2 aromatic heterocycles. The van der Waals surface area contributed by atoms with Crippen molar-refractivity contribution in [3.8, 4) is 5.75 Å². The van der Waals surface area contributed by atoms with Crippen molar-refractivity contribution >= 4 is 22.4 Å². The number of hydrogen-bond acceptors (Lipinski definition) is 6. The molecule has 0 saturated carbocycles. The summed E-state index contributed by atoms with van der Waals surface area (Å²) >= 11 is 0. The molecule has 4 rings (SSSR count). The monoisotopic (exact) mass is 386 g/mol. The van der Waals surface area contributed by atoms with Gasteiger partial charge in [-0.25, -0.2) is 9.97 Å². The van der Waals surface area contributed by atoms with Crippen LogP contribution in [0.1, 0.15) is 22.9 Å². The van der Waals surface area contributed by atoms with Crippen LogP contribution in [0.2, 0.25) is 0 Å². The normalized spacial score (nSPS) is 11.9. The van der Waals surface area contributed by atoms with E-state index >= 15 is 0 Å². The third-order valence-corrected chi connectivity index (χ3v) is 4.69. The second-order valence-electron chi connectivity index (χ2n) is 6.67. The van der Waals surface area contributed by atoms with Crippen LogP contribution in [0.3, 0.4) is 0 Å². The molecule has 2 heterocycles. The summed E-state index contributed by atoms with van der Waals surface area (Å²) in [5.74, 6) is 0.617. The number of aryl methyl sites for hydroxylation is 1. The van der Waals surface area contributed by atoms with E-state index in [0.717, 1.165) is 11.1 Å². The minimum atomic E-state index is -0.559. The molecule has 0 radical (unpaired) electrons. The number of fused-ring (bicyclic) bond motifs is 1. The van der Waals surface area contributed by atoms with E-state index in [1.54, 1.807) is 36.5 Å². The molecule has 0 spiro atoms. The highest BCUT2D eigenvalue weighted by Gasteiger charge is 2.22. The van der Waals surface area contributed by atoms with Crippen molar-refractivity contribution in [2.24, 2.45) is 0 Å². The highest BCUT2D eigenvalue weighted by molar-refractivity contribution is 5.86. The van der Waals surface area contributed by atoms with Crippen LogP contribution < -0.4 is 5.32 Å². The Morgan fingerprint density at radius 1 is 1.07 bits per heavy atom. The van der Waals surface area contributed by atoms with Gasteiger partial charge in [-0.15, -0.1) is 0 Å². The number of nitrogens with one attached hydrogen (secondary N) is 1. The summed E-state index contributed by atoms with van der Waals surface area (Å²) < 4.78 is 0. The van der Waals surface area contributed by atoms with Crippen molar-refractivity contribution in [1.82, 2.24) is 9.97 Å². The summed E-state index contributed by atoms with van der Waals surface area (Å²) in [6.07, 6.45) is 1.65. The largest absolute Gasteiger partial charge is 0.505 e. The number of benzene rings is 2. The SMILES string of the molecule is Cc1ccc2ccc(C(Nc3ccccn3)c3cccc([N+](=O)[O-])c3)c(O)c2n1. The van der Waals surface area contributed by atoms with Crippen LogP contribution in [0.4, 0.5) is 11.5 Å². The third kappa shape index (κ3) is 3.70. The number of anilines is 1. The molecule has 0 saturated heterocycles. The van der Waals surface area contributed by atoms with Crippen LogP contribution in [0, 0.1) is 17.0 Å². The fraction of sp³-hybridized carbons (Fsp3) is 0.0909. The average Bonchev–Trinajstić information content (AvgIpc) is 2.74. The highest BCUT2D eigenvalue weighted by Crippen LogP contribution is 2.37. The summed E-state index contributed by atoms with van der Waals surface area (Å²) in [6, 6.07) is 18.7. The van der Waals surface area contributed by atoms with Crippen molar-refractivity contribution in [2.75, 3.05) is 5.32 Å². The van der Waals surface area contributed by atoms with Crippen LogP contribution in [-0.4, -0.2) is 20.0 Å². The molecule has 7 nitrogen and oxygen atoms in total. The lowest BCUT2D eigenvalue weighted by Crippen LogP contribution is -2.14. The number of aromatic nitrogens is 2. The molecule has 29 heavy (non-hydrogen) atoms. The smallest absolute Gasteiger partial charge is 0.269 e. The fourth-order valence-corrected chi connectivity index (χ4v) is 3.27. The molecule has 1 atom stereocenters. The van der Waals surface area contributed by atoms with Crippen LogP contribution in [0.15, 0.2) is 72.9 Å². The Labute approximate surface area is 166 Å². The molecule has 1 unspecified atom stereocenters. The topological polar surface area (TPSA) is 101 Å². The van der Waals surface area contributed by atoms with Gasteiger partial charge in [-0.3, -0.25) is 10.1 Å². The fourth-order valence-electron chi connectivity index (χ4n) is 3.27. The van der Waals surface area contributed by atoms with Gasteiger partial charge in [0.2, 0.25) is 0 Å². The maximum Gasteiger partial charge on any atom is 0.269 e. The molecule has 4 aromatic rings. The van der Waals surface area contributed by atoms with Crippen LogP contribution in [0.5, 0.6) is 5.75 Å². The number of nitro groups is 1. The number of aromatic hydroxyl groups is 1. The number of hydrogen-bond donors (Lipinski definition) is 2. The molecule has 7 heteroatoms. The molecule has 2 aromatic carbocycles. The first kappa shape index (κ1) is 18.4. The Bertz CT molecular complexity index is 1200. The Hall–Kier alpha value is -4.00. The summed E-state index contributed by atoms with van der Waals surface area (Å²) in [5, 5.41) is 26.4. The van der Waals surface area contributed by atoms with Gasteiger partial charge in [0.05, 0.1) is 11.0 Å². The Morgan fingerprint density at radius 2 is 1.90 bits per heavy atom. The summed E-state index contributed by atoms with van der Waals surface area (Å²) in [5.41, 5.74) is 2.44. The lowest BCUT2D eigenvalue weighted by atomic mass is 9.95. The van der Waals surface area contributed by atoms with Crippen molar-refractivity contribution in [2.45, 2.75) is 13.0 Å². The Kier molecular flexibility index (Phi) is 4.78. The van der Waals surface area contributed by atoms with Crippen LogP contribution in [-0.2, 0) is 0 Å². The maximum atomic E-state index is 11.3. The number of nitro benzene ring substituents is 1. The van der Waals surface area contributed by atoms with E-state index in [9.17, 15) is 15.2 Å². The van der Waals surface area contributed by atoms with Crippen molar-refractivity contribution in [1.29, 1.82) is 0 Å². The summed E-state index contributed by atoms with van der Waals surface area (Å²) in [6.45, 7) is 1.86. The first-order valence-corrected chi connectivity index (χ1v) is 9.04. The first-order valence-electron chi connectivity index (χ1n) is 9.04. The van der Waals surface area contributed by atoms with Gasteiger partial charge in [0, 0.05) is 35.0 Å². The zero-order chi connectivity index (χ0) is 20.4. The number of rotatable bonds is 5. The Morgan fingerprint density at radius 3 is 2.66 bits per heavy atom. The molecule has 2 N–H and O–H groups in total. The van der Waals surface area contributed by atoms with Gasteiger partial charge in [-0.2, -0.15) is 0 Å². The van der Waals surface area contributed by atoms with E-state index in [1.165, 1.54) is 12.1 Å². The van der Waals surface area contributed by atoms with Crippen molar-refractivity contribution < 1.29 is 10.0 Å². The standard InChI is InChI=1S/C22H18N4O3/c1-14-8-9-15-10-11-18(22(27)21(15)24-14)20(25-19-7-2-3-12-23-19)16-5-4-6-17(13-16)26(28)29/h2-13,20,27H,1H3,(H,23,25).